The summed E-state index contributed by atoms with van der Waals surface area (Å²) in [7, 11) is 0. The van der Waals surface area contributed by atoms with Crippen LogP contribution < -0.4 is 10.6 Å². The molecule has 2 N–H and O–H groups in total. The van der Waals surface area contributed by atoms with E-state index in [1.54, 1.807) is 0 Å². The summed E-state index contributed by atoms with van der Waals surface area (Å²) in [5.74, 6) is 0. The lowest BCUT2D eigenvalue weighted by Crippen LogP contribution is -2.37. The Morgan fingerprint density at radius 1 is 0.375 bits per heavy atom. The quantitative estimate of drug-likeness (QED) is 0.300. The van der Waals surface area contributed by atoms with Crippen molar-refractivity contribution in [2.45, 2.75) is 38.0 Å². The molecule has 0 aromatic heterocycles. The van der Waals surface area contributed by atoms with Crippen LogP contribution in [0.15, 0.2) is 121 Å². The molecular formula is C30H32N2. The summed E-state index contributed by atoms with van der Waals surface area (Å²) < 4.78 is 0. The summed E-state index contributed by atoms with van der Waals surface area (Å²) in [5, 5.41) is 7.88. The highest BCUT2D eigenvalue weighted by Crippen LogP contribution is 2.33. The van der Waals surface area contributed by atoms with E-state index in [0.717, 1.165) is 0 Å². The predicted molar refractivity (Wildman–Crippen MR) is 134 cm³/mol. The lowest BCUT2D eigenvalue weighted by Gasteiger charge is -2.34. The molecule has 0 saturated heterocycles. The summed E-state index contributed by atoms with van der Waals surface area (Å²) in [5.41, 5.74) is 5.13. The first-order valence-corrected chi connectivity index (χ1v) is 11.4. The van der Waals surface area contributed by atoms with E-state index < -0.39 is 0 Å². The van der Waals surface area contributed by atoms with E-state index in [-0.39, 0.29) is 24.2 Å². The second-order valence-electron chi connectivity index (χ2n) is 8.37. The van der Waals surface area contributed by atoms with Crippen molar-refractivity contribution in [3.63, 3.8) is 0 Å². The van der Waals surface area contributed by atoms with E-state index in [9.17, 15) is 0 Å². The van der Waals surface area contributed by atoms with E-state index >= 15 is 0 Å². The summed E-state index contributed by atoms with van der Waals surface area (Å²) in [6.45, 7) is 4.49. The van der Waals surface area contributed by atoms with Crippen LogP contribution in [0, 0.1) is 0 Å². The minimum absolute atomic E-state index is 0.0972. The van der Waals surface area contributed by atoms with Crippen molar-refractivity contribution in [3.8, 4) is 0 Å². The Morgan fingerprint density at radius 2 is 0.625 bits per heavy atom. The molecule has 0 aliphatic heterocycles. The van der Waals surface area contributed by atoms with Gasteiger partial charge in [-0.2, -0.15) is 0 Å². The van der Waals surface area contributed by atoms with Gasteiger partial charge in [-0.1, -0.05) is 121 Å². The fourth-order valence-corrected chi connectivity index (χ4v) is 4.31. The SMILES string of the molecule is CC(N[C@@H](c1ccccc1)[C@@H](N[C@H](C)c1ccccc1)c1ccccc1)c1ccccc1. The average molecular weight is 421 g/mol. The first-order chi connectivity index (χ1) is 15.7. The van der Waals surface area contributed by atoms with Gasteiger partial charge in [0.1, 0.15) is 0 Å². The van der Waals surface area contributed by atoms with Crippen LogP contribution in [-0.2, 0) is 0 Å². The Labute approximate surface area is 192 Å². The van der Waals surface area contributed by atoms with Gasteiger partial charge in [0.15, 0.2) is 0 Å². The van der Waals surface area contributed by atoms with Crippen LogP contribution in [0.25, 0.3) is 0 Å². The molecule has 0 aliphatic rings. The van der Waals surface area contributed by atoms with Gasteiger partial charge in [-0.3, -0.25) is 0 Å². The molecule has 32 heavy (non-hydrogen) atoms. The number of hydrogen-bond donors (Lipinski definition) is 2. The normalized spacial score (nSPS) is 14.9. The van der Waals surface area contributed by atoms with E-state index in [2.05, 4.69) is 146 Å². The highest BCUT2D eigenvalue weighted by molar-refractivity contribution is 5.30. The smallest absolute Gasteiger partial charge is 0.0523 e. The van der Waals surface area contributed by atoms with Crippen LogP contribution in [0.1, 0.15) is 60.3 Å². The van der Waals surface area contributed by atoms with Gasteiger partial charge >= 0.3 is 0 Å². The molecule has 0 spiro atoms. The maximum absolute atomic E-state index is 3.94. The summed E-state index contributed by atoms with van der Waals surface area (Å²) >= 11 is 0. The Morgan fingerprint density at radius 3 is 0.906 bits per heavy atom. The fraction of sp³-hybridized carbons (Fsp3) is 0.200. The van der Waals surface area contributed by atoms with Gasteiger partial charge in [-0.05, 0) is 36.1 Å². The third-order valence-electron chi connectivity index (χ3n) is 6.11. The topological polar surface area (TPSA) is 24.1 Å². The molecule has 2 nitrogen and oxygen atoms in total. The third kappa shape index (κ3) is 5.53. The molecule has 162 valence electrons. The van der Waals surface area contributed by atoms with Gasteiger partial charge in [0.2, 0.25) is 0 Å². The molecule has 0 fully saturated rings. The highest BCUT2D eigenvalue weighted by atomic mass is 15.1. The minimum Gasteiger partial charge on any atom is -0.302 e. The van der Waals surface area contributed by atoms with Crippen molar-refractivity contribution in [1.29, 1.82) is 0 Å². The van der Waals surface area contributed by atoms with Gasteiger partial charge in [-0.25, -0.2) is 0 Å². The zero-order valence-corrected chi connectivity index (χ0v) is 18.9. The lowest BCUT2D eigenvalue weighted by atomic mass is 9.90. The maximum Gasteiger partial charge on any atom is 0.0523 e. The molecule has 0 amide bonds. The lowest BCUT2D eigenvalue weighted by molar-refractivity contribution is 0.333. The zero-order chi connectivity index (χ0) is 22.2. The first-order valence-electron chi connectivity index (χ1n) is 11.4. The second-order valence-corrected chi connectivity index (χ2v) is 8.37. The second kappa shape index (κ2) is 10.9. The Kier molecular flexibility index (Phi) is 7.50. The molecule has 1 unspecified atom stereocenters. The molecule has 4 aromatic carbocycles. The molecule has 4 aromatic rings. The van der Waals surface area contributed by atoms with Crippen LogP contribution in [0.3, 0.4) is 0 Å². The van der Waals surface area contributed by atoms with Crippen LogP contribution in [0.4, 0.5) is 0 Å². The van der Waals surface area contributed by atoms with Crippen LogP contribution >= 0.6 is 0 Å². The van der Waals surface area contributed by atoms with Crippen molar-refractivity contribution in [3.05, 3.63) is 144 Å². The van der Waals surface area contributed by atoms with E-state index in [0.29, 0.717) is 0 Å². The largest absolute Gasteiger partial charge is 0.302 e. The zero-order valence-electron chi connectivity index (χ0n) is 18.9. The van der Waals surface area contributed by atoms with E-state index in [4.69, 9.17) is 0 Å². The highest BCUT2D eigenvalue weighted by Gasteiger charge is 2.28. The molecule has 4 rings (SSSR count). The van der Waals surface area contributed by atoms with Crippen molar-refractivity contribution < 1.29 is 0 Å². The van der Waals surface area contributed by atoms with E-state index in [1.807, 2.05) is 0 Å². The van der Waals surface area contributed by atoms with Crippen LogP contribution in [-0.4, -0.2) is 0 Å². The number of rotatable bonds is 9. The molecule has 0 bridgehead atoms. The number of hydrogen-bond acceptors (Lipinski definition) is 2. The Bertz CT molecular complexity index is 960. The Hall–Kier alpha value is -3.20. The average Bonchev–Trinajstić information content (AvgIpc) is 2.88. The fourth-order valence-electron chi connectivity index (χ4n) is 4.31. The molecule has 0 saturated carbocycles. The molecule has 0 heterocycles. The number of nitrogens with one attached hydrogen (secondary N) is 2. The third-order valence-corrected chi connectivity index (χ3v) is 6.11. The van der Waals surface area contributed by atoms with Gasteiger partial charge in [-0.15, -0.1) is 0 Å². The summed E-state index contributed by atoms with van der Waals surface area (Å²) in [6, 6.07) is 43.5. The summed E-state index contributed by atoms with van der Waals surface area (Å²) in [6.07, 6.45) is 0. The first kappa shape index (κ1) is 22.0. The minimum atomic E-state index is 0.0972. The predicted octanol–water partition coefficient (Wildman–Crippen LogP) is 7.17. The molecule has 4 atom stereocenters. The molecule has 2 heteroatoms. The van der Waals surface area contributed by atoms with Crippen LogP contribution in [0.2, 0.25) is 0 Å². The van der Waals surface area contributed by atoms with Crippen LogP contribution in [0.5, 0.6) is 0 Å². The van der Waals surface area contributed by atoms with Gasteiger partial charge in [0.05, 0.1) is 12.1 Å². The van der Waals surface area contributed by atoms with E-state index in [1.165, 1.54) is 22.3 Å². The van der Waals surface area contributed by atoms with Crippen molar-refractivity contribution in [2.24, 2.45) is 0 Å². The molecule has 0 radical (unpaired) electrons. The number of benzene rings is 4. The van der Waals surface area contributed by atoms with Crippen molar-refractivity contribution in [2.75, 3.05) is 0 Å². The molecular weight excluding hydrogens is 388 g/mol. The Balaban J connectivity index is 1.70. The van der Waals surface area contributed by atoms with Gasteiger partial charge < -0.3 is 10.6 Å². The van der Waals surface area contributed by atoms with Crippen molar-refractivity contribution in [1.82, 2.24) is 10.6 Å². The monoisotopic (exact) mass is 420 g/mol. The standard InChI is InChI=1S/C30H32N2/c1-23(25-15-7-3-8-16-25)31-29(27-19-11-5-12-20-27)30(28-21-13-6-14-22-28)32-24(2)26-17-9-4-10-18-26/h3-24,29-32H,1-2H3/t23-,24?,29+,30+/m1/s1. The van der Waals surface area contributed by atoms with Gasteiger partial charge in [0.25, 0.3) is 0 Å². The van der Waals surface area contributed by atoms with Crippen molar-refractivity contribution >= 4 is 0 Å². The summed E-state index contributed by atoms with van der Waals surface area (Å²) in [4.78, 5) is 0. The molecule has 0 aliphatic carbocycles. The maximum atomic E-state index is 3.94. The van der Waals surface area contributed by atoms with Gasteiger partial charge in [0, 0.05) is 12.1 Å².